The molecule has 1 aliphatic carbocycles. The number of aryl methyl sites for hydroxylation is 1. The van der Waals surface area contributed by atoms with Crippen LogP contribution in [0.15, 0.2) is 24.3 Å². The number of nitrogen functional groups attached to an aromatic ring is 1. The van der Waals surface area contributed by atoms with Crippen LogP contribution in [0.4, 0.5) is 5.82 Å². The van der Waals surface area contributed by atoms with Crippen LogP contribution in [-0.4, -0.2) is 16.6 Å². The Labute approximate surface area is 118 Å². The molecule has 4 rings (SSSR count). The summed E-state index contributed by atoms with van der Waals surface area (Å²) in [5, 5.41) is 0. The largest absolute Gasteiger partial charge is 0.383 e. The van der Waals surface area contributed by atoms with E-state index in [1.165, 1.54) is 11.1 Å². The predicted octanol–water partition coefficient (Wildman–Crippen LogP) is 2.21. The summed E-state index contributed by atoms with van der Waals surface area (Å²) >= 11 is 0. The van der Waals surface area contributed by atoms with Crippen molar-refractivity contribution < 1.29 is 4.74 Å². The van der Waals surface area contributed by atoms with Gasteiger partial charge in [0.2, 0.25) is 0 Å². The molecule has 1 unspecified atom stereocenters. The minimum atomic E-state index is 0.293. The second-order valence-electron chi connectivity index (χ2n) is 5.48. The summed E-state index contributed by atoms with van der Waals surface area (Å²) in [7, 11) is 0. The van der Waals surface area contributed by atoms with Crippen LogP contribution in [0.25, 0.3) is 0 Å². The van der Waals surface area contributed by atoms with E-state index in [1.807, 2.05) is 0 Å². The van der Waals surface area contributed by atoms with Gasteiger partial charge in [-0.15, -0.1) is 0 Å². The smallest absolute Gasteiger partial charge is 0.138 e. The number of ether oxygens (including phenoxy) is 1. The molecule has 2 aromatic rings. The van der Waals surface area contributed by atoms with Crippen molar-refractivity contribution in [2.45, 2.75) is 31.8 Å². The number of aromatic nitrogens is 2. The number of anilines is 1. The molecular weight excluding hydrogens is 250 g/mol. The zero-order valence-corrected chi connectivity index (χ0v) is 11.3. The van der Waals surface area contributed by atoms with Crippen LogP contribution in [0.1, 0.15) is 40.5 Å². The van der Waals surface area contributed by atoms with Gasteiger partial charge in [-0.3, -0.25) is 0 Å². The monoisotopic (exact) mass is 267 g/mol. The predicted molar refractivity (Wildman–Crippen MR) is 76.4 cm³/mol. The van der Waals surface area contributed by atoms with E-state index < -0.39 is 0 Å². The molecule has 2 aliphatic rings. The maximum atomic E-state index is 6.10. The minimum absolute atomic E-state index is 0.293. The molecule has 4 nitrogen and oxygen atoms in total. The molecule has 4 heteroatoms. The van der Waals surface area contributed by atoms with Crippen molar-refractivity contribution in [1.82, 2.24) is 9.97 Å². The Kier molecular flexibility index (Phi) is 2.70. The molecule has 2 heterocycles. The molecule has 0 saturated heterocycles. The number of fused-ring (bicyclic) bond motifs is 2. The normalized spacial score (nSPS) is 20.5. The van der Waals surface area contributed by atoms with Crippen molar-refractivity contribution in [3.05, 3.63) is 52.5 Å². The highest BCUT2D eigenvalue weighted by atomic mass is 16.5. The number of benzene rings is 1. The lowest BCUT2D eigenvalue weighted by molar-refractivity contribution is 0.109. The first-order valence-electron chi connectivity index (χ1n) is 7.13. The van der Waals surface area contributed by atoms with Gasteiger partial charge in [0.25, 0.3) is 0 Å². The van der Waals surface area contributed by atoms with E-state index in [2.05, 4.69) is 29.2 Å². The molecule has 1 aliphatic heterocycles. The highest BCUT2D eigenvalue weighted by Crippen LogP contribution is 2.37. The average Bonchev–Trinajstić information content (AvgIpc) is 2.91. The third-order valence-corrected chi connectivity index (χ3v) is 4.32. The van der Waals surface area contributed by atoms with Crippen LogP contribution in [0.3, 0.4) is 0 Å². The van der Waals surface area contributed by atoms with Crippen LogP contribution < -0.4 is 5.73 Å². The Morgan fingerprint density at radius 2 is 2.05 bits per heavy atom. The van der Waals surface area contributed by atoms with Gasteiger partial charge in [0.15, 0.2) is 0 Å². The van der Waals surface area contributed by atoms with Gasteiger partial charge in [-0.1, -0.05) is 24.3 Å². The number of hydrogen-bond acceptors (Lipinski definition) is 4. The molecule has 0 bridgehead atoms. The molecule has 1 atom stereocenters. The van der Waals surface area contributed by atoms with Gasteiger partial charge in [-0.2, -0.15) is 0 Å². The second-order valence-corrected chi connectivity index (χ2v) is 5.48. The third kappa shape index (κ3) is 1.79. The Morgan fingerprint density at radius 3 is 3.00 bits per heavy atom. The molecule has 0 saturated carbocycles. The summed E-state index contributed by atoms with van der Waals surface area (Å²) in [5.41, 5.74) is 10.9. The number of rotatable bonds is 1. The fraction of sp³-hybridized carbons (Fsp3) is 0.375. The summed E-state index contributed by atoms with van der Waals surface area (Å²) in [4.78, 5) is 9.34. The first-order valence-corrected chi connectivity index (χ1v) is 7.13. The van der Waals surface area contributed by atoms with E-state index in [4.69, 9.17) is 15.5 Å². The molecule has 20 heavy (non-hydrogen) atoms. The van der Waals surface area contributed by atoms with E-state index in [0.717, 1.165) is 43.0 Å². The number of hydrogen-bond donors (Lipinski definition) is 1. The van der Waals surface area contributed by atoms with E-state index >= 15 is 0 Å². The standard InChI is InChI=1S/C16H17N3O/c17-15-13-9-20-8-7-14(13)18-16(19-15)12-6-5-10-3-1-2-4-11(10)12/h1-4,12H,5-9H2,(H2,17,18,19). The summed E-state index contributed by atoms with van der Waals surface area (Å²) in [6.07, 6.45) is 3.02. The molecule has 0 fully saturated rings. The van der Waals surface area contributed by atoms with E-state index in [-0.39, 0.29) is 0 Å². The Morgan fingerprint density at radius 1 is 1.15 bits per heavy atom. The quantitative estimate of drug-likeness (QED) is 0.860. The van der Waals surface area contributed by atoms with Gasteiger partial charge < -0.3 is 10.5 Å². The first kappa shape index (κ1) is 11.9. The topological polar surface area (TPSA) is 61.0 Å². The minimum Gasteiger partial charge on any atom is -0.383 e. The van der Waals surface area contributed by atoms with Gasteiger partial charge in [0.1, 0.15) is 11.6 Å². The molecule has 0 amide bonds. The molecule has 102 valence electrons. The van der Waals surface area contributed by atoms with Crippen molar-refractivity contribution >= 4 is 5.82 Å². The van der Waals surface area contributed by atoms with E-state index in [0.29, 0.717) is 18.3 Å². The molecule has 0 spiro atoms. The Balaban J connectivity index is 1.79. The lowest BCUT2D eigenvalue weighted by atomic mass is 9.99. The van der Waals surface area contributed by atoms with Crippen LogP contribution in [0.5, 0.6) is 0 Å². The van der Waals surface area contributed by atoms with Gasteiger partial charge in [0, 0.05) is 17.9 Å². The van der Waals surface area contributed by atoms with Crippen molar-refractivity contribution in [2.75, 3.05) is 12.3 Å². The van der Waals surface area contributed by atoms with Crippen molar-refractivity contribution in [1.29, 1.82) is 0 Å². The average molecular weight is 267 g/mol. The number of nitrogens with two attached hydrogens (primary N) is 1. The maximum Gasteiger partial charge on any atom is 0.138 e. The highest BCUT2D eigenvalue weighted by Gasteiger charge is 2.27. The summed E-state index contributed by atoms with van der Waals surface area (Å²) in [6.45, 7) is 1.27. The third-order valence-electron chi connectivity index (χ3n) is 4.32. The van der Waals surface area contributed by atoms with Gasteiger partial charge in [0.05, 0.1) is 18.9 Å². The Hall–Kier alpha value is -1.94. The Bertz CT molecular complexity index is 669. The van der Waals surface area contributed by atoms with Crippen molar-refractivity contribution in [3.63, 3.8) is 0 Å². The lowest BCUT2D eigenvalue weighted by Crippen LogP contribution is -2.18. The lowest BCUT2D eigenvalue weighted by Gasteiger charge is -2.19. The first-order chi connectivity index (χ1) is 9.83. The van der Waals surface area contributed by atoms with Crippen LogP contribution in [-0.2, 0) is 24.2 Å². The van der Waals surface area contributed by atoms with Crippen LogP contribution in [0.2, 0.25) is 0 Å². The fourth-order valence-electron chi connectivity index (χ4n) is 3.26. The summed E-state index contributed by atoms with van der Waals surface area (Å²) in [5.74, 6) is 1.77. The van der Waals surface area contributed by atoms with E-state index in [1.54, 1.807) is 0 Å². The summed E-state index contributed by atoms with van der Waals surface area (Å²) in [6, 6.07) is 8.58. The van der Waals surface area contributed by atoms with Crippen LogP contribution >= 0.6 is 0 Å². The fourth-order valence-corrected chi connectivity index (χ4v) is 3.26. The van der Waals surface area contributed by atoms with Crippen molar-refractivity contribution in [3.8, 4) is 0 Å². The maximum absolute atomic E-state index is 6.10. The second kappa shape index (κ2) is 4.56. The van der Waals surface area contributed by atoms with Gasteiger partial charge >= 0.3 is 0 Å². The molecule has 2 N–H and O–H groups in total. The SMILES string of the molecule is Nc1nc(C2CCc3ccccc32)nc2c1COCC2. The molecular formula is C16H17N3O. The van der Waals surface area contributed by atoms with Crippen LogP contribution in [0, 0.1) is 0 Å². The summed E-state index contributed by atoms with van der Waals surface area (Å²) < 4.78 is 5.44. The van der Waals surface area contributed by atoms with Gasteiger partial charge in [-0.05, 0) is 24.0 Å². The zero-order chi connectivity index (χ0) is 13.5. The molecule has 0 radical (unpaired) electrons. The molecule has 1 aromatic heterocycles. The zero-order valence-electron chi connectivity index (χ0n) is 11.3. The van der Waals surface area contributed by atoms with Gasteiger partial charge in [-0.25, -0.2) is 9.97 Å². The number of nitrogens with zero attached hydrogens (tertiary/aromatic N) is 2. The highest BCUT2D eigenvalue weighted by molar-refractivity contribution is 5.45. The van der Waals surface area contributed by atoms with Crippen molar-refractivity contribution in [2.24, 2.45) is 0 Å². The molecule has 1 aromatic carbocycles. The van der Waals surface area contributed by atoms with E-state index in [9.17, 15) is 0 Å².